The molecule has 0 saturated carbocycles. The summed E-state index contributed by atoms with van der Waals surface area (Å²) < 4.78 is 10.5. The van der Waals surface area contributed by atoms with Crippen molar-refractivity contribution in [1.82, 2.24) is 0 Å². The maximum atomic E-state index is 11.2. The SMILES string of the molecule is CCCC[C@H]1O[C@H](C(C)C)OC1=O. The molecule has 3 nitrogen and oxygen atoms in total. The minimum absolute atomic E-state index is 0.188. The van der Waals surface area contributed by atoms with Crippen LogP contribution < -0.4 is 0 Å². The van der Waals surface area contributed by atoms with Gasteiger partial charge in [-0.25, -0.2) is 4.79 Å². The molecule has 1 rings (SSSR count). The zero-order valence-corrected chi connectivity index (χ0v) is 8.58. The van der Waals surface area contributed by atoms with Gasteiger partial charge in [-0.3, -0.25) is 0 Å². The number of ether oxygens (including phenoxy) is 2. The fraction of sp³-hybridized carbons (Fsp3) is 0.900. The van der Waals surface area contributed by atoms with Crippen molar-refractivity contribution in [1.29, 1.82) is 0 Å². The molecule has 13 heavy (non-hydrogen) atoms. The first kappa shape index (κ1) is 10.5. The Morgan fingerprint density at radius 1 is 1.46 bits per heavy atom. The maximum Gasteiger partial charge on any atom is 0.337 e. The first-order valence-corrected chi connectivity index (χ1v) is 5.01. The average Bonchev–Trinajstić information content (AvgIpc) is 2.44. The van der Waals surface area contributed by atoms with E-state index in [9.17, 15) is 4.79 Å². The third-order valence-corrected chi connectivity index (χ3v) is 2.16. The first-order valence-electron chi connectivity index (χ1n) is 5.01. The molecular weight excluding hydrogens is 168 g/mol. The molecule has 1 heterocycles. The molecule has 0 N–H and O–H groups in total. The topological polar surface area (TPSA) is 35.5 Å². The Kier molecular flexibility index (Phi) is 3.72. The van der Waals surface area contributed by atoms with E-state index in [0.29, 0.717) is 0 Å². The van der Waals surface area contributed by atoms with Gasteiger partial charge in [0.05, 0.1) is 0 Å². The second-order valence-corrected chi connectivity index (χ2v) is 3.82. The number of carbonyl (C=O) groups excluding carboxylic acids is 1. The standard InChI is InChI=1S/C10H18O3/c1-4-5-6-8-9(11)13-10(12-8)7(2)3/h7-8,10H,4-6H2,1-3H3/t8-,10+/m1/s1. The summed E-state index contributed by atoms with van der Waals surface area (Å²) in [5, 5.41) is 0. The van der Waals surface area contributed by atoms with Crippen molar-refractivity contribution in [2.75, 3.05) is 0 Å². The molecule has 0 unspecified atom stereocenters. The first-order chi connectivity index (χ1) is 6.15. The maximum absolute atomic E-state index is 11.2. The second kappa shape index (κ2) is 4.61. The van der Waals surface area contributed by atoms with Crippen molar-refractivity contribution >= 4 is 5.97 Å². The molecule has 1 saturated heterocycles. The van der Waals surface area contributed by atoms with E-state index < -0.39 is 0 Å². The van der Waals surface area contributed by atoms with Gasteiger partial charge in [0.15, 0.2) is 6.10 Å². The minimum atomic E-state index is -0.325. The predicted octanol–water partition coefficient (Wildman–Crippen LogP) is 2.10. The third kappa shape index (κ3) is 2.69. The van der Waals surface area contributed by atoms with Crippen molar-refractivity contribution < 1.29 is 14.3 Å². The molecule has 0 spiro atoms. The molecule has 0 amide bonds. The second-order valence-electron chi connectivity index (χ2n) is 3.82. The molecule has 3 heteroatoms. The lowest BCUT2D eigenvalue weighted by atomic mass is 10.2. The van der Waals surface area contributed by atoms with Crippen molar-refractivity contribution in [3.05, 3.63) is 0 Å². The predicted molar refractivity (Wildman–Crippen MR) is 49.1 cm³/mol. The van der Waals surface area contributed by atoms with Gasteiger partial charge in [-0.1, -0.05) is 33.6 Å². The van der Waals surface area contributed by atoms with Gasteiger partial charge in [-0.2, -0.15) is 0 Å². The van der Waals surface area contributed by atoms with Gasteiger partial charge in [-0.15, -0.1) is 0 Å². The van der Waals surface area contributed by atoms with Crippen LogP contribution in [-0.2, 0) is 14.3 Å². The van der Waals surface area contributed by atoms with Crippen LogP contribution >= 0.6 is 0 Å². The van der Waals surface area contributed by atoms with Gasteiger partial charge in [0.1, 0.15) is 0 Å². The summed E-state index contributed by atoms with van der Waals surface area (Å²) in [4.78, 5) is 11.2. The average molecular weight is 186 g/mol. The monoisotopic (exact) mass is 186 g/mol. The van der Waals surface area contributed by atoms with E-state index in [1.165, 1.54) is 0 Å². The van der Waals surface area contributed by atoms with Crippen LogP contribution in [0.4, 0.5) is 0 Å². The van der Waals surface area contributed by atoms with E-state index in [0.717, 1.165) is 19.3 Å². The molecule has 76 valence electrons. The summed E-state index contributed by atoms with van der Waals surface area (Å²) in [7, 11) is 0. The summed E-state index contributed by atoms with van der Waals surface area (Å²) in [5.74, 6) is 0.0581. The number of hydrogen-bond donors (Lipinski definition) is 0. The summed E-state index contributed by atoms with van der Waals surface area (Å²) in [6.07, 6.45) is 2.25. The Morgan fingerprint density at radius 2 is 2.15 bits per heavy atom. The normalized spacial score (nSPS) is 28.2. The largest absolute Gasteiger partial charge is 0.434 e. The van der Waals surface area contributed by atoms with Gasteiger partial charge in [-0.05, 0) is 6.42 Å². The van der Waals surface area contributed by atoms with Crippen LogP contribution in [0.1, 0.15) is 40.0 Å². The number of rotatable bonds is 4. The molecule has 0 aromatic rings. The molecule has 0 aromatic heterocycles. The Hall–Kier alpha value is -0.570. The molecular formula is C10H18O3. The number of cyclic esters (lactones) is 1. The highest BCUT2D eigenvalue weighted by Crippen LogP contribution is 2.22. The fourth-order valence-electron chi connectivity index (χ4n) is 1.30. The third-order valence-electron chi connectivity index (χ3n) is 2.16. The van der Waals surface area contributed by atoms with E-state index >= 15 is 0 Å². The van der Waals surface area contributed by atoms with Crippen LogP contribution in [0.3, 0.4) is 0 Å². The molecule has 0 aromatic carbocycles. The number of carbonyl (C=O) groups is 1. The highest BCUT2D eigenvalue weighted by molar-refractivity contribution is 5.76. The lowest BCUT2D eigenvalue weighted by Crippen LogP contribution is -2.17. The number of hydrogen-bond acceptors (Lipinski definition) is 3. The highest BCUT2D eigenvalue weighted by atomic mass is 16.8. The Bertz CT molecular complexity index is 177. The van der Waals surface area contributed by atoms with Gasteiger partial charge >= 0.3 is 5.97 Å². The summed E-state index contributed by atoms with van der Waals surface area (Å²) in [6.45, 7) is 6.07. The smallest absolute Gasteiger partial charge is 0.337 e. The van der Waals surface area contributed by atoms with Crippen LogP contribution in [0.25, 0.3) is 0 Å². The molecule has 1 fully saturated rings. The number of esters is 1. The van der Waals surface area contributed by atoms with Crippen molar-refractivity contribution in [2.45, 2.75) is 52.4 Å². The zero-order valence-electron chi connectivity index (χ0n) is 8.58. The lowest BCUT2D eigenvalue weighted by Gasteiger charge is -2.12. The molecule has 1 aliphatic heterocycles. The Labute approximate surface area is 79.4 Å². The summed E-state index contributed by atoms with van der Waals surface area (Å²) >= 11 is 0. The fourth-order valence-corrected chi connectivity index (χ4v) is 1.30. The Morgan fingerprint density at radius 3 is 2.62 bits per heavy atom. The summed E-state index contributed by atoms with van der Waals surface area (Å²) in [6, 6.07) is 0. The molecule has 1 aliphatic rings. The van der Waals surface area contributed by atoms with E-state index in [-0.39, 0.29) is 24.3 Å². The molecule has 0 aliphatic carbocycles. The van der Waals surface area contributed by atoms with Crippen LogP contribution in [0.15, 0.2) is 0 Å². The van der Waals surface area contributed by atoms with E-state index in [1.807, 2.05) is 13.8 Å². The van der Waals surface area contributed by atoms with Crippen LogP contribution in [0, 0.1) is 5.92 Å². The molecule has 0 radical (unpaired) electrons. The van der Waals surface area contributed by atoms with Gasteiger partial charge < -0.3 is 9.47 Å². The zero-order chi connectivity index (χ0) is 9.84. The molecule has 0 bridgehead atoms. The van der Waals surface area contributed by atoms with Crippen LogP contribution in [-0.4, -0.2) is 18.4 Å². The number of unbranched alkanes of at least 4 members (excludes halogenated alkanes) is 1. The minimum Gasteiger partial charge on any atom is -0.434 e. The van der Waals surface area contributed by atoms with Crippen LogP contribution in [0.5, 0.6) is 0 Å². The highest BCUT2D eigenvalue weighted by Gasteiger charge is 2.35. The molecule has 2 atom stereocenters. The van der Waals surface area contributed by atoms with Gasteiger partial charge in [0, 0.05) is 5.92 Å². The van der Waals surface area contributed by atoms with E-state index in [1.54, 1.807) is 0 Å². The lowest BCUT2D eigenvalue weighted by molar-refractivity contribution is -0.146. The van der Waals surface area contributed by atoms with Gasteiger partial charge in [0.2, 0.25) is 6.29 Å². The Balaban J connectivity index is 2.37. The van der Waals surface area contributed by atoms with Crippen molar-refractivity contribution in [2.24, 2.45) is 5.92 Å². The van der Waals surface area contributed by atoms with E-state index in [2.05, 4.69) is 6.92 Å². The quantitative estimate of drug-likeness (QED) is 0.631. The summed E-state index contributed by atoms with van der Waals surface area (Å²) in [5.41, 5.74) is 0. The van der Waals surface area contributed by atoms with Crippen molar-refractivity contribution in [3.63, 3.8) is 0 Å². The van der Waals surface area contributed by atoms with Crippen molar-refractivity contribution in [3.8, 4) is 0 Å². The van der Waals surface area contributed by atoms with Gasteiger partial charge in [0.25, 0.3) is 0 Å². The van der Waals surface area contributed by atoms with Crippen LogP contribution in [0.2, 0.25) is 0 Å². The van der Waals surface area contributed by atoms with E-state index in [4.69, 9.17) is 9.47 Å².